The zero-order valence-electron chi connectivity index (χ0n) is 15.8. The molecule has 0 amide bonds. The molecular weight excluding hydrogens is 354 g/mol. The van der Waals surface area contributed by atoms with Gasteiger partial charge in [-0.25, -0.2) is 4.98 Å². The molecule has 1 heterocycles. The highest BCUT2D eigenvalue weighted by Gasteiger charge is 2.40. The highest BCUT2D eigenvalue weighted by atomic mass is 35.5. The lowest BCUT2D eigenvalue weighted by Crippen LogP contribution is -2.47. The molecule has 2 aromatic rings. The van der Waals surface area contributed by atoms with Gasteiger partial charge in [-0.05, 0) is 36.0 Å². The fraction of sp³-hybridized carbons (Fsp3) is 0.526. The molecule has 6 nitrogen and oxygen atoms in total. The maximum absolute atomic E-state index is 11.1. The third-order valence-corrected chi connectivity index (χ3v) is 4.58. The van der Waals surface area contributed by atoms with Crippen molar-refractivity contribution in [2.75, 3.05) is 0 Å². The molecule has 26 heavy (non-hydrogen) atoms. The minimum Gasteiger partial charge on any atom is -0.481 e. The molecule has 0 radical (unpaired) electrons. The average Bonchev–Trinajstić information content (AvgIpc) is 3.06. The van der Waals surface area contributed by atoms with Crippen molar-refractivity contribution in [3.63, 3.8) is 0 Å². The van der Waals surface area contributed by atoms with Gasteiger partial charge in [-0.1, -0.05) is 51.4 Å². The van der Waals surface area contributed by atoms with Crippen LogP contribution in [0.4, 0.5) is 0 Å². The molecule has 1 unspecified atom stereocenters. The monoisotopic (exact) mass is 381 g/mol. The van der Waals surface area contributed by atoms with Crippen molar-refractivity contribution >= 4 is 17.6 Å². The first-order chi connectivity index (χ1) is 12.1. The summed E-state index contributed by atoms with van der Waals surface area (Å²) in [5.74, 6) is -0.745. The molecule has 2 N–H and O–H groups in total. The van der Waals surface area contributed by atoms with Crippen LogP contribution >= 0.6 is 11.6 Å². The van der Waals surface area contributed by atoms with Crippen LogP contribution in [0.2, 0.25) is 5.02 Å². The van der Waals surface area contributed by atoms with Gasteiger partial charge in [-0.15, -0.1) is 0 Å². The van der Waals surface area contributed by atoms with Gasteiger partial charge in [-0.2, -0.15) is 5.10 Å². The molecule has 0 aliphatic rings. The van der Waals surface area contributed by atoms with E-state index in [1.807, 2.05) is 45.0 Å². The molecule has 144 valence electrons. The lowest BCUT2D eigenvalue weighted by Gasteiger charge is -2.40. The van der Waals surface area contributed by atoms with Gasteiger partial charge in [0.1, 0.15) is 12.7 Å². The van der Waals surface area contributed by atoms with Crippen LogP contribution in [0, 0.1) is 5.41 Å². The minimum absolute atomic E-state index is 0.222. The predicted molar refractivity (Wildman–Crippen MR) is 102 cm³/mol. The summed E-state index contributed by atoms with van der Waals surface area (Å²) < 4.78 is 1.69. The fourth-order valence-electron chi connectivity index (χ4n) is 2.28. The van der Waals surface area contributed by atoms with E-state index in [9.17, 15) is 9.90 Å². The number of halogens is 1. The summed E-state index contributed by atoms with van der Waals surface area (Å²) in [5.41, 5.74) is 0.0479. The van der Waals surface area contributed by atoms with E-state index in [0.717, 1.165) is 11.4 Å². The Bertz CT molecular complexity index is 666. The van der Waals surface area contributed by atoms with Crippen molar-refractivity contribution in [1.29, 1.82) is 0 Å². The Kier molecular flexibility index (Phi) is 8.24. The largest absolute Gasteiger partial charge is 0.481 e. The summed E-state index contributed by atoms with van der Waals surface area (Å²) in [5, 5.41) is 23.7. The van der Waals surface area contributed by atoms with Crippen molar-refractivity contribution in [3.05, 3.63) is 47.5 Å². The summed E-state index contributed by atoms with van der Waals surface area (Å²) >= 11 is 5.90. The van der Waals surface area contributed by atoms with Crippen molar-refractivity contribution in [2.24, 2.45) is 5.41 Å². The van der Waals surface area contributed by atoms with Crippen LogP contribution in [0.15, 0.2) is 36.9 Å². The van der Waals surface area contributed by atoms with Crippen LogP contribution < -0.4 is 0 Å². The van der Waals surface area contributed by atoms with Gasteiger partial charge < -0.3 is 10.2 Å². The molecule has 0 bridgehead atoms. The summed E-state index contributed by atoms with van der Waals surface area (Å²) in [4.78, 5) is 13.3. The lowest BCUT2D eigenvalue weighted by atomic mass is 9.73. The SMILES string of the molecule is CC(C)(C)C(O)(CCc1ccc(Cl)cc1)Cn1cncn1.CCC(=O)O. The van der Waals surface area contributed by atoms with Crippen molar-refractivity contribution in [1.82, 2.24) is 14.8 Å². The Hall–Kier alpha value is -1.92. The van der Waals surface area contributed by atoms with Crippen LogP contribution in [-0.4, -0.2) is 36.5 Å². The highest BCUT2D eigenvalue weighted by Crippen LogP contribution is 2.35. The molecule has 1 aromatic heterocycles. The minimum atomic E-state index is -0.861. The van der Waals surface area contributed by atoms with E-state index in [1.165, 1.54) is 11.9 Å². The molecule has 1 atom stereocenters. The van der Waals surface area contributed by atoms with E-state index in [1.54, 1.807) is 17.9 Å². The molecule has 0 fully saturated rings. The molecule has 0 aliphatic carbocycles. The molecule has 0 saturated carbocycles. The second-order valence-corrected chi connectivity index (χ2v) is 7.68. The zero-order valence-corrected chi connectivity index (χ0v) is 16.6. The Morgan fingerprint density at radius 1 is 1.23 bits per heavy atom. The maximum atomic E-state index is 11.1. The maximum Gasteiger partial charge on any atom is 0.303 e. The summed E-state index contributed by atoms with van der Waals surface area (Å²) in [6.45, 7) is 8.18. The van der Waals surface area contributed by atoms with Crippen LogP contribution in [0.5, 0.6) is 0 Å². The number of carboxylic acid groups (broad SMARTS) is 1. The number of carbonyl (C=O) groups is 1. The number of rotatable bonds is 6. The van der Waals surface area contributed by atoms with Gasteiger partial charge in [0, 0.05) is 11.4 Å². The van der Waals surface area contributed by atoms with Gasteiger partial charge in [0.15, 0.2) is 0 Å². The van der Waals surface area contributed by atoms with E-state index in [0.29, 0.717) is 13.0 Å². The number of benzene rings is 1. The van der Waals surface area contributed by atoms with E-state index < -0.39 is 11.6 Å². The first-order valence-corrected chi connectivity index (χ1v) is 8.96. The number of aliphatic carboxylic acids is 1. The van der Waals surface area contributed by atoms with Gasteiger partial charge in [-0.3, -0.25) is 9.48 Å². The van der Waals surface area contributed by atoms with Gasteiger partial charge in [0.2, 0.25) is 0 Å². The third-order valence-electron chi connectivity index (χ3n) is 4.33. The smallest absolute Gasteiger partial charge is 0.303 e. The number of hydrogen-bond acceptors (Lipinski definition) is 4. The number of nitrogens with zero attached hydrogens (tertiary/aromatic N) is 3. The second kappa shape index (κ2) is 9.69. The number of hydrogen-bond donors (Lipinski definition) is 2. The quantitative estimate of drug-likeness (QED) is 0.793. The van der Waals surface area contributed by atoms with Crippen molar-refractivity contribution < 1.29 is 15.0 Å². The van der Waals surface area contributed by atoms with E-state index in [4.69, 9.17) is 16.7 Å². The summed E-state index contributed by atoms with van der Waals surface area (Å²) in [6.07, 6.45) is 4.79. The van der Waals surface area contributed by atoms with Gasteiger partial charge >= 0.3 is 5.97 Å². The first kappa shape index (κ1) is 22.1. The molecule has 0 spiro atoms. The zero-order chi connectivity index (χ0) is 19.8. The van der Waals surface area contributed by atoms with Gasteiger partial charge in [0.25, 0.3) is 0 Å². The van der Waals surface area contributed by atoms with Crippen molar-refractivity contribution in [2.45, 2.75) is 59.1 Å². The Morgan fingerprint density at radius 3 is 2.23 bits per heavy atom. The molecule has 1 aromatic carbocycles. The normalized spacial score (nSPS) is 13.5. The van der Waals surface area contributed by atoms with Crippen LogP contribution in [0.25, 0.3) is 0 Å². The molecule has 7 heteroatoms. The summed E-state index contributed by atoms with van der Waals surface area (Å²) in [7, 11) is 0. The number of carboxylic acids is 1. The topological polar surface area (TPSA) is 88.2 Å². The van der Waals surface area contributed by atoms with Crippen LogP contribution in [0.1, 0.15) is 46.1 Å². The summed E-state index contributed by atoms with van der Waals surface area (Å²) in [6, 6.07) is 7.76. The molecule has 0 aliphatic heterocycles. The van der Waals surface area contributed by atoms with Crippen LogP contribution in [-0.2, 0) is 17.8 Å². The number of aromatic nitrogens is 3. The van der Waals surface area contributed by atoms with E-state index in [-0.39, 0.29) is 11.8 Å². The molecule has 2 rings (SSSR count). The van der Waals surface area contributed by atoms with Crippen LogP contribution in [0.3, 0.4) is 0 Å². The lowest BCUT2D eigenvalue weighted by molar-refractivity contribution is -0.136. The number of aryl methyl sites for hydroxylation is 1. The van der Waals surface area contributed by atoms with E-state index >= 15 is 0 Å². The molecule has 0 saturated heterocycles. The fourth-order valence-corrected chi connectivity index (χ4v) is 2.40. The Labute approximate surface area is 159 Å². The second-order valence-electron chi connectivity index (χ2n) is 7.25. The average molecular weight is 382 g/mol. The number of aliphatic hydroxyl groups is 1. The van der Waals surface area contributed by atoms with E-state index in [2.05, 4.69) is 10.1 Å². The Morgan fingerprint density at radius 2 is 1.81 bits per heavy atom. The first-order valence-electron chi connectivity index (χ1n) is 8.58. The van der Waals surface area contributed by atoms with Crippen molar-refractivity contribution in [3.8, 4) is 0 Å². The third kappa shape index (κ3) is 7.14. The molecular formula is C19H28ClN3O3. The standard InChI is InChI=1S/C16H22ClN3O.C3H6O2/c1-15(2,3)16(21,10-20-12-18-11-19-20)9-8-13-4-6-14(17)7-5-13;1-2-3(4)5/h4-7,11-12,21H,8-10H2,1-3H3;2H2,1H3,(H,4,5). The van der Waals surface area contributed by atoms with Gasteiger partial charge in [0.05, 0.1) is 12.1 Å². The predicted octanol–water partition coefficient (Wildman–Crippen LogP) is 3.82. The Balaban J connectivity index is 0.000000597. The highest BCUT2D eigenvalue weighted by molar-refractivity contribution is 6.30.